The fourth-order valence-electron chi connectivity index (χ4n) is 2.87. The monoisotopic (exact) mass is 267 g/mol. The summed E-state index contributed by atoms with van der Waals surface area (Å²) in [6.45, 7) is 7.23. The van der Waals surface area contributed by atoms with Gasteiger partial charge in [0.1, 0.15) is 0 Å². The topological polar surface area (TPSA) is 46.2 Å². The fourth-order valence-corrected chi connectivity index (χ4v) is 4.07. The van der Waals surface area contributed by atoms with Crippen LogP contribution >= 0.6 is 11.3 Å². The second-order valence-electron chi connectivity index (χ2n) is 6.63. The molecule has 1 aliphatic carbocycles. The predicted octanol–water partition coefficient (Wildman–Crippen LogP) is 3.60. The minimum atomic E-state index is -0.383. The van der Waals surface area contributed by atoms with Gasteiger partial charge in [-0.2, -0.15) is 0 Å². The SMILES string of the molecule is CC(C)(C)c1ccc(C(O)C2(CN)CCCC2)s1. The van der Waals surface area contributed by atoms with Crippen LogP contribution in [0.3, 0.4) is 0 Å². The predicted molar refractivity (Wildman–Crippen MR) is 77.9 cm³/mol. The summed E-state index contributed by atoms with van der Waals surface area (Å²) >= 11 is 1.74. The van der Waals surface area contributed by atoms with Crippen LogP contribution in [0.4, 0.5) is 0 Å². The summed E-state index contributed by atoms with van der Waals surface area (Å²) in [5.74, 6) is 0. The molecule has 18 heavy (non-hydrogen) atoms. The van der Waals surface area contributed by atoms with Gasteiger partial charge in [-0.3, -0.25) is 0 Å². The molecule has 0 saturated heterocycles. The number of aliphatic hydroxyl groups is 1. The van der Waals surface area contributed by atoms with Crippen molar-refractivity contribution >= 4 is 11.3 Å². The second kappa shape index (κ2) is 4.95. The van der Waals surface area contributed by atoms with Crippen LogP contribution in [0.2, 0.25) is 0 Å². The quantitative estimate of drug-likeness (QED) is 0.879. The van der Waals surface area contributed by atoms with Crippen LogP contribution in [0, 0.1) is 5.41 Å². The van der Waals surface area contributed by atoms with Crippen LogP contribution in [0.15, 0.2) is 12.1 Å². The minimum absolute atomic E-state index is 0.0694. The second-order valence-corrected chi connectivity index (χ2v) is 7.74. The Balaban J connectivity index is 2.23. The molecule has 0 spiro atoms. The van der Waals surface area contributed by atoms with Gasteiger partial charge in [-0.15, -0.1) is 11.3 Å². The summed E-state index contributed by atoms with van der Waals surface area (Å²) in [5.41, 5.74) is 6.04. The molecular weight excluding hydrogens is 242 g/mol. The zero-order chi connectivity index (χ0) is 13.4. The van der Waals surface area contributed by atoms with E-state index in [0.29, 0.717) is 6.54 Å². The Labute approximate surface area is 114 Å². The molecule has 1 heterocycles. The average Bonchev–Trinajstić information content (AvgIpc) is 2.97. The van der Waals surface area contributed by atoms with E-state index in [9.17, 15) is 5.11 Å². The van der Waals surface area contributed by atoms with Gasteiger partial charge in [0.15, 0.2) is 0 Å². The Bertz CT molecular complexity index is 399. The maximum absolute atomic E-state index is 10.7. The van der Waals surface area contributed by atoms with Crippen LogP contribution in [0.5, 0.6) is 0 Å². The van der Waals surface area contributed by atoms with E-state index in [0.717, 1.165) is 17.7 Å². The molecule has 1 fully saturated rings. The summed E-state index contributed by atoms with van der Waals surface area (Å²) in [7, 11) is 0. The van der Waals surface area contributed by atoms with E-state index in [2.05, 4.69) is 32.9 Å². The molecule has 2 nitrogen and oxygen atoms in total. The number of thiophene rings is 1. The average molecular weight is 267 g/mol. The first-order valence-electron chi connectivity index (χ1n) is 6.87. The maximum Gasteiger partial charge on any atom is 0.0950 e. The first kappa shape index (κ1) is 14.0. The Morgan fingerprint density at radius 2 is 1.94 bits per heavy atom. The molecule has 1 atom stereocenters. The summed E-state index contributed by atoms with van der Waals surface area (Å²) < 4.78 is 0. The number of aliphatic hydroxyl groups excluding tert-OH is 1. The molecule has 1 aromatic heterocycles. The lowest BCUT2D eigenvalue weighted by Crippen LogP contribution is -2.33. The zero-order valence-corrected chi connectivity index (χ0v) is 12.5. The van der Waals surface area contributed by atoms with Crippen molar-refractivity contribution in [2.24, 2.45) is 11.1 Å². The highest BCUT2D eigenvalue weighted by atomic mass is 32.1. The van der Waals surface area contributed by atoms with Crippen LogP contribution in [-0.2, 0) is 5.41 Å². The van der Waals surface area contributed by atoms with E-state index >= 15 is 0 Å². The van der Waals surface area contributed by atoms with E-state index in [-0.39, 0.29) is 16.9 Å². The van der Waals surface area contributed by atoms with Gasteiger partial charge in [0.25, 0.3) is 0 Å². The molecular formula is C15H25NOS. The molecule has 0 bridgehead atoms. The summed E-state index contributed by atoms with van der Waals surface area (Å²) in [6.07, 6.45) is 4.14. The number of rotatable bonds is 3. The van der Waals surface area contributed by atoms with Crippen molar-refractivity contribution < 1.29 is 5.11 Å². The fraction of sp³-hybridized carbons (Fsp3) is 0.733. The van der Waals surface area contributed by atoms with Crippen molar-refractivity contribution in [1.82, 2.24) is 0 Å². The van der Waals surface area contributed by atoms with Gasteiger partial charge in [-0.1, -0.05) is 33.6 Å². The van der Waals surface area contributed by atoms with Crippen LogP contribution < -0.4 is 5.73 Å². The van der Waals surface area contributed by atoms with Gasteiger partial charge in [-0.25, -0.2) is 0 Å². The van der Waals surface area contributed by atoms with Gasteiger partial charge in [0, 0.05) is 21.7 Å². The molecule has 3 heteroatoms. The molecule has 3 N–H and O–H groups in total. The van der Waals surface area contributed by atoms with Crippen molar-refractivity contribution in [3.8, 4) is 0 Å². The Hall–Kier alpha value is -0.380. The smallest absolute Gasteiger partial charge is 0.0950 e. The van der Waals surface area contributed by atoms with Crippen molar-refractivity contribution in [2.75, 3.05) is 6.54 Å². The molecule has 1 saturated carbocycles. The molecule has 1 unspecified atom stereocenters. The maximum atomic E-state index is 10.7. The third-order valence-electron chi connectivity index (χ3n) is 4.22. The molecule has 102 valence electrons. The van der Waals surface area contributed by atoms with Gasteiger partial charge in [0.2, 0.25) is 0 Å². The van der Waals surface area contributed by atoms with Gasteiger partial charge >= 0.3 is 0 Å². The van der Waals surface area contributed by atoms with Gasteiger partial charge in [-0.05, 0) is 30.4 Å². The van der Waals surface area contributed by atoms with Crippen LogP contribution in [-0.4, -0.2) is 11.7 Å². The highest BCUT2D eigenvalue weighted by molar-refractivity contribution is 7.12. The minimum Gasteiger partial charge on any atom is -0.387 e. The van der Waals surface area contributed by atoms with Crippen molar-refractivity contribution in [1.29, 1.82) is 0 Å². The van der Waals surface area contributed by atoms with Crippen LogP contribution in [0.1, 0.15) is 62.3 Å². The molecule has 0 aromatic carbocycles. The lowest BCUT2D eigenvalue weighted by molar-refractivity contribution is 0.0362. The molecule has 0 radical (unpaired) electrons. The number of hydrogen-bond acceptors (Lipinski definition) is 3. The lowest BCUT2D eigenvalue weighted by atomic mass is 9.80. The summed E-state index contributed by atoms with van der Waals surface area (Å²) in [4.78, 5) is 2.42. The van der Waals surface area contributed by atoms with Gasteiger partial charge in [0.05, 0.1) is 6.10 Å². The Kier molecular flexibility index (Phi) is 3.86. The standard InChI is InChI=1S/C15H25NOS/c1-14(2,3)12-7-6-11(18-12)13(17)15(10-16)8-4-5-9-15/h6-7,13,17H,4-5,8-10,16H2,1-3H3. The van der Waals surface area contributed by atoms with E-state index in [1.165, 1.54) is 17.7 Å². The molecule has 1 aliphatic rings. The Morgan fingerprint density at radius 3 is 2.39 bits per heavy atom. The van der Waals surface area contributed by atoms with E-state index < -0.39 is 0 Å². The van der Waals surface area contributed by atoms with Gasteiger partial charge < -0.3 is 10.8 Å². The number of nitrogens with two attached hydrogens (primary N) is 1. The molecule has 0 amide bonds. The summed E-state index contributed by atoms with van der Waals surface area (Å²) in [5, 5.41) is 10.7. The third-order valence-corrected chi connectivity index (χ3v) is 5.78. The highest BCUT2D eigenvalue weighted by Crippen LogP contribution is 2.48. The van der Waals surface area contributed by atoms with E-state index in [4.69, 9.17) is 5.73 Å². The highest BCUT2D eigenvalue weighted by Gasteiger charge is 2.40. The zero-order valence-electron chi connectivity index (χ0n) is 11.7. The Morgan fingerprint density at radius 1 is 1.33 bits per heavy atom. The normalized spacial score (nSPS) is 21.2. The van der Waals surface area contributed by atoms with Crippen molar-refractivity contribution in [3.05, 3.63) is 21.9 Å². The third kappa shape index (κ3) is 2.49. The summed E-state index contributed by atoms with van der Waals surface area (Å²) in [6, 6.07) is 4.24. The molecule has 1 aromatic rings. The van der Waals surface area contributed by atoms with Crippen molar-refractivity contribution in [3.63, 3.8) is 0 Å². The first-order valence-corrected chi connectivity index (χ1v) is 7.69. The molecule has 2 rings (SSSR count). The largest absolute Gasteiger partial charge is 0.387 e. The van der Waals surface area contributed by atoms with E-state index in [1.807, 2.05) is 0 Å². The lowest BCUT2D eigenvalue weighted by Gasteiger charge is -2.32. The molecule has 0 aliphatic heterocycles. The van der Waals surface area contributed by atoms with Crippen LogP contribution in [0.25, 0.3) is 0 Å². The van der Waals surface area contributed by atoms with Crippen molar-refractivity contribution in [2.45, 2.75) is 58.0 Å². The van der Waals surface area contributed by atoms with E-state index in [1.54, 1.807) is 11.3 Å². The number of hydrogen-bond donors (Lipinski definition) is 2. The first-order chi connectivity index (χ1) is 8.39.